The number of esters is 1. The first-order valence-corrected chi connectivity index (χ1v) is 8.05. The lowest BCUT2D eigenvalue weighted by Crippen LogP contribution is -2.30. The second kappa shape index (κ2) is 7.77. The van der Waals surface area contributed by atoms with Crippen molar-refractivity contribution in [1.82, 2.24) is 0 Å². The van der Waals surface area contributed by atoms with Crippen LogP contribution in [0.2, 0.25) is 0 Å². The van der Waals surface area contributed by atoms with Gasteiger partial charge < -0.3 is 10.1 Å². The zero-order chi connectivity index (χ0) is 17.7. The van der Waals surface area contributed by atoms with Gasteiger partial charge in [0.05, 0.1) is 5.56 Å². The summed E-state index contributed by atoms with van der Waals surface area (Å²) >= 11 is 0. The van der Waals surface area contributed by atoms with E-state index in [2.05, 4.69) is 19.2 Å². The molecule has 0 unspecified atom stereocenters. The van der Waals surface area contributed by atoms with E-state index >= 15 is 0 Å². The molecule has 24 heavy (non-hydrogen) atoms. The third-order valence-electron chi connectivity index (χ3n) is 3.79. The Morgan fingerprint density at radius 2 is 1.50 bits per heavy atom. The highest BCUT2D eigenvalue weighted by Gasteiger charge is 2.19. The van der Waals surface area contributed by atoms with Gasteiger partial charge in [-0.2, -0.15) is 0 Å². The quantitative estimate of drug-likeness (QED) is 0.834. The molecule has 0 saturated carbocycles. The van der Waals surface area contributed by atoms with Crippen molar-refractivity contribution >= 4 is 17.6 Å². The molecule has 0 spiro atoms. The van der Waals surface area contributed by atoms with Gasteiger partial charge in [0.1, 0.15) is 0 Å². The molecule has 0 aliphatic heterocycles. The van der Waals surface area contributed by atoms with Gasteiger partial charge in [-0.15, -0.1) is 0 Å². The van der Waals surface area contributed by atoms with Crippen LogP contribution in [0.3, 0.4) is 0 Å². The smallest absolute Gasteiger partial charge is 0.338 e. The van der Waals surface area contributed by atoms with Crippen molar-refractivity contribution in [3.63, 3.8) is 0 Å². The van der Waals surface area contributed by atoms with Crippen LogP contribution in [0.4, 0.5) is 5.69 Å². The van der Waals surface area contributed by atoms with Crippen molar-refractivity contribution in [3.8, 4) is 0 Å². The fourth-order valence-corrected chi connectivity index (χ4v) is 2.17. The zero-order valence-corrected chi connectivity index (χ0v) is 14.5. The Balaban J connectivity index is 1.94. The Bertz CT molecular complexity index is 703. The summed E-state index contributed by atoms with van der Waals surface area (Å²) in [4.78, 5) is 24.2. The maximum Gasteiger partial charge on any atom is 0.338 e. The van der Waals surface area contributed by atoms with Gasteiger partial charge in [-0.3, -0.25) is 4.79 Å². The highest BCUT2D eigenvalue weighted by molar-refractivity contribution is 5.97. The normalized spacial score (nSPS) is 11.9. The summed E-state index contributed by atoms with van der Waals surface area (Å²) in [6, 6.07) is 14.7. The monoisotopic (exact) mass is 325 g/mol. The maximum atomic E-state index is 12.2. The molecule has 0 bridgehead atoms. The van der Waals surface area contributed by atoms with E-state index in [0.29, 0.717) is 17.2 Å². The number of anilines is 1. The van der Waals surface area contributed by atoms with Crippen LogP contribution < -0.4 is 5.32 Å². The number of rotatable bonds is 5. The molecule has 0 heterocycles. The van der Waals surface area contributed by atoms with E-state index in [-0.39, 0.29) is 5.91 Å². The van der Waals surface area contributed by atoms with E-state index in [9.17, 15) is 9.59 Å². The first-order valence-electron chi connectivity index (χ1n) is 8.05. The van der Waals surface area contributed by atoms with Gasteiger partial charge in [-0.25, -0.2) is 4.79 Å². The average Bonchev–Trinajstić information content (AvgIpc) is 2.55. The molecule has 2 aromatic rings. The number of aryl methyl sites for hydroxylation is 1. The van der Waals surface area contributed by atoms with Gasteiger partial charge in [0, 0.05) is 5.69 Å². The third kappa shape index (κ3) is 4.69. The lowest BCUT2D eigenvalue weighted by atomic mass is 10.0. The van der Waals surface area contributed by atoms with E-state index in [1.165, 1.54) is 5.56 Å². The lowest BCUT2D eigenvalue weighted by Gasteiger charge is -2.14. The summed E-state index contributed by atoms with van der Waals surface area (Å²) in [5, 5.41) is 2.76. The van der Waals surface area contributed by atoms with Crippen LogP contribution in [0.25, 0.3) is 0 Å². The molecule has 0 fully saturated rings. The molecule has 0 saturated heterocycles. The number of carbonyl (C=O) groups is 2. The minimum absolute atomic E-state index is 0.354. The molecule has 0 aliphatic rings. The third-order valence-corrected chi connectivity index (χ3v) is 3.79. The second-order valence-electron chi connectivity index (χ2n) is 6.18. The van der Waals surface area contributed by atoms with E-state index in [4.69, 9.17) is 4.74 Å². The van der Waals surface area contributed by atoms with Crippen molar-refractivity contribution in [3.05, 3.63) is 65.2 Å². The van der Waals surface area contributed by atoms with Gasteiger partial charge in [0.15, 0.2) is 6.10 Å². The number of ether oxygens (including phenoxy) is 1. The minimum atomic E-state index is -0.872. The van der Waals surface area contributed by atoms with Crippen molar-refractivity contribution in [1.29, 1.82) is 0 Å². The number of hydrogen-bond acceptors (Lipinski definition) is 3. The van der Waals surface area contributed by atoms with Crippen molar-refractivity contribution in [2.24, 2.45) is 0 Å². The fourth-order valence-electron chi connectivity index (χ4n) is 2.17. The molecule has 2 aromatic carbocycles. The van der Waals surface area contributed by atoms with E-state index in [0.717, 1.165) is 5.56 Å². The Labute approximate surface area is 142 Å². The van der Waals surface area contributed by atoms with Crippen molar-refractivity contribution in [2.75, 3.05) is 5.32 Å². The molecule has 0 aromatic heterocycles. The summed E-state index contributed by atoms with van der Waals surface area (Å²) < 4.78 is 5.22. The Hall–Kier alpha value is -2.62. The number of nitrogens with one attached hydrogen (secondary N) is 1. The Kier molecular flexibility index (Phi) is 5.74. The van der Waals surface area contributed by atoms with Gasteiger partial charge in [0.25, 0.3) is 5.91 Å². The molecule has 1 amide bonds. The number of amides is 1. The Morgan fingerprint density at radius 1 is 0.917 bits per heavy atom. The van der Waals surface area contributed by atoms with Crippen LogP contribution in [-0.2, 0) is 9.53 Å². The minimum Gasteiger partial charge on any atom is -0.449 e. The highest BCUT2D eigenvalue weighted by atomic mass is 16.5. The molecule has 4 heteroatoms. The SMILES string of the molecule is Cc1ccc(C(=O)O[C@@H](C)C(=O)Nc2ccc(C(C)C)cc2)cc1. The fraction of sp³-hybridized carbons (Fsp3) is 0.300. The molecule has 0 aliphatic carbocycles. The van der Waals surface area contributed by atoms with Gasteiger partial charge in [-0.1, -0.05) is 43.7 Å². The van der Waals surface area contributed by atoms with Crippen LogP contribution in [0.15, 0.2) is 48.5 Å². The van der Waals surface area contributed by atoms with Crippen LogP contribution in [0, 0.1) is 6.92 Å². The lowest BCUT2D eigenvalue weighted by molar-refractivity contribution is -0.123. The van der Waals surface area contributed by atoms with Crippen LogP contribution in [0.1, 0.15) is 48.2 Å². The summed E-state index contributed by atoms with van der Waals surface area (Å²) in [7, 11) is 0. The zero-order valence-electron chi connectivity index (χ0n) is 14.5. The molecular formula is C20H23NO3. The van der Waals surface area contributed by atoms with Gasteiger partial charge >= 0.3 is 5.97 Å². The van der Waals surface area contributed by atoms with E-state index in [1.807, 2.05) is 43.3 Å². The van der Waals surface area contributed by atoms with Gasteiger partial charge in [-0.05, 0) is 49.6 Å². The number of benzene rings is 2. The molecule has 126 valence electrons. The van der Waals surface area contributed by atoms with Gasteiger partial charge in [0.2, 0.25) is 0 Å². The summed E-state index contributed by atoms with van der Waals surface area (Å²) in [5.41, 5.74) is 3.37. The first-order chi connectivity index (χ1) is 11.4. The molecular weight excluding hydrogens is 302 g/mol. The van der Waals surface area contributed by atoms with E-state index < -0.39 is 12.1 Å². The maximum absolute atomic E-state index is 12.2. The molecule has 1 N–H and O–H groups in total. The second-order valence-corrected chi connectivity index (χ2v) is 6.18. The highest BCUT2D eigenvalue weighted by Crippen LogP contribution is 2.17. The summed E-state index contributed by atoms with van der Waals surface area (Å²) in [5.74, 6) is -0.426. The molecule has 4 nitrogen and oxygen atoms in total. The molecule has 1 atom stereocenters. The Morgan fingerprint density at radius 3 is 2.04 bits per heavy atom. The molecule has 0 radical (unpaired) electrons. The van der Waals surface area contributed by atoms with Crippen LogP contribution in [0.5, 0.6) is 0 Å². The van der Waals surface area contributed by atoms with Crippen LogP contribution >= 0.6 is 0 Å². The number of carbonyl (C=O) groups excluding carboxylic acids is 2. The predicted octanol–water partition coefficient (Wildman–Crippen LogP) is 4.30. The van der Waals surface area contributed by atoms with Crippen LogP contribution in [-0.4, -0.2) is 18.0 Å². The standard InChI is InChI=1S/C20H23NO3/c1-13(2)16-9-11-18(12-10-16)21-19(22)15(4)24-20(23)17-7-5-14(3)6-8-17/h5-13,15H,1-4H3,(H,21,22)/t15-/m0/s1. The summed E-state index contributed by atoms with van der Waals surface area (Å²) in [6.45, 7) is 7.72. The average molecular weight is 325 g/mol. The first kappa shape index (κ1) is 17.7. The number of hydrogen-bond donors (Lipinski definition) is 1. The predicted molar refractivity (Wildman–Crippen MR) is 95.2 cm³/mol. The van der Waals surface area contributed by atoms with Crippen molar-refractivity contribution < 1.29 is 14.3 Å². The largest absolute Gasteiger partial charge is 0.449 e. The van der Waals surface area contributed by atoms with Crippen molar-refractivity contribution in [2.45, 2.75) is 39.7 Å². The summed E-state index contributed by atoms with van der Waals surface area (Å²) in [6.07, 6.45) is -0.872. The molecule has 2 rings (SSSR count). The van der Waals surface area contributed by atoms with E-state index in [1.54, 1.807) is 19.1 Å². The topological polar surface area (TPSA) is 55.4 Å².